The first-order valence-corrected chi connectivity index (χ1v) is 5.90. The topological polar surface area (TPSA) is 58.7 Å². The van der Waals surface area contributed by atoms with Crippen molar-refractivity contribution < 1.29 is 9.84 Å². The third kappa shape index (κ3) is 3.82. The number of aliphatic hydroxyl groups is 1. The quantitative estimate of drug-likeness (QED) is 0.743. The van der Waals surface area contributed by atoms with Gasteiger partial charge in [0, 0.05) is 42.7 Å². The minimum absolute atomic E-state index is 0.197. The lowest BCUT2D eigenvalue weighted by atomic mass is 10.2. The van der Waals surface area contributed by atoms with Crippen molar-refractivity contribution in [3.05, 3.63) is 18.2 Å². The molecule has 0 bridgehead atoms. The minimum Gasteiger partial charge on any atom is -0.497 e. The summed E-state index contributed by atoms with van der Waals surface area (Å²) in [5, 5.41) is 8.92. The van der Waals surface area contributed by atoms with Gasteiger partial charge < -0.3 is 20.5 Å². The lowest BCUT2D eigenvalue weighted by Gasteiger charge is -2.29. The molecule has 0 aliphatic rings. The molecule has 0 saturated heterocycles. The highest BCUT2D eigenvalue weighted by atomic mass is 16.5. The maximum absolute atomic E-state index is 8.92. The zero-order valence-corrected chi connectivity index (χ0v) is 10.8. The van der Waals surface area contributed by atoms with Crippen LogP contribution < -0.4 is 15.4 Å². The molecular weight excluding hydrogens is 216 g/mol. The largest absolute Gasteiger partial charge is 0.497 e. The average molecular weight is 238 g/mol. The smallest absolute Gasteiger partial charge is 0.122 e. The van der Waals surface area contributed by atoms with E-state index in [1.54, 1.807) is 13.2 Å². The number of aliphatic hydroxyl groups excluding tert-OH is 1. The molecule has 0 fully saturated rings. The number of nitrogens with two attached hydrogens (primary N) is 1. The van der Waals surface area contributed by atoms with Crippen molar-refractivity contribution in [2.45, 2.75) is 26.3 Å². The first-order chi connectivity index (χ1) is 8.08. The first-order valence-electron chi connectivity index (χ1n) is 5.90. The molecule has 0 atom stereocenters. The molecule has 1 aromatic rings. The summed E-state index contributed by atoms with van der Waals surface area (Å²) in [7, 11) is 1.63. The van der Waals surface area contributed by atoms with E-state index in [4.69, 9.17) is 15.6 Å². The fraction of sp³-hybridized carbons (Fsp3) is 0.538. The molecule has 1 rings (SSSR count). The Labute approximate surface area is 103 Å². The fourth-order valence-corrected chi connectivity index (χ4v) is 1.82. The standard InChI is InChI=1S/C13H22N2O2/c1-10(2)15(5-4-6-16)12-7-11(14)8-13(9-12)17-3/h7-10,16H,4-6,14H2,1-3H3. The summed E-state index contributed by atoms with van der Waals surface area (Å²) in [6.45, 7) is 5.24. The SMILES string of the molecule is COc1cc(N)cc(N(CCCO)C(C)C)c1. The number of anilines is 2. The Bertz CT molecular complexity index is 353. The lowest BCUT2D eigenvalue weighted by Crippen LogP contribution is -2.32. The van der Waals surface area contributed by atoms with E-state index in [9.17, 15) is 0 Å². The van der Waals surface area contributed by atoms with E-state index >= 15 is 0 Å². The Morgan fingerprint density at radius 1 is 1.35 bits per heavy atom. The van der Waals surface area contributed by atoms with E-state index in [0.717, 1.165) is 24.4 Å². The maximum Gasteiger partial charge on any atom is 0.122 e. The number of ether oxygens (including phenoxy) is 1. The summed E-state index contributed by atoms with van der Waals surface area (Å²) in [6.07, 6.45) is 0.745. The molecule has 4 nitrogen and oxygen atoms in total. The van der Waals surface area contributed by atoms with Gasteiger partial charge in [0.15, 0.2) is 0 Å². The number of rotatable bonds is 6. The second-order valence-corrected chi connectivity index (χ2v) is 4.33. The second-order valence-electron chi connectivity index (χ2n) is 4.33. The summed E-state index contributed by atoms with van der Waals surface area (Å²) in [4.78, 5) is 2.20. The third-order valence-corrected chi connectivity index (χ3v) is 2.66. The number of methoxy groups -OCH3 is 1. The molecule has 3 N–H and O–H groups in total. The molecule has 0 spiro atoms. The number of nitrogens with zero attached hydrogens (tertiary/aromatic N) is 1. The van der Waals surface area contributed by atoms with Crippen molar-refractivity contribution in [3.8, 4) is 5.75 Å². The van der Waals surface area contributed by atoms with E-state index in [0.29, 0.717) is 11.7 Å². The van der Waals surface area contributed by atoms with Gasteiger partial charge in [-0.05, 0) is 26.3 Å². The van der Waals surface area contributed by atoms with Crippen LogP contribution in [0.2, 0.25) is 0 Å². The Kier molecular flexibility index (Phi) is 5.10. The van der Waals surface area contributed by atoms with E-state index in [-0.39, 0.29) is 6.61 Å². The zero-order chi connectivity index (χ0) is 12.8. The van der Waals surface area contributed by atoms with Crippen LogP contribution in [0.1, 0.15) is 20.3 Å². The molecule has 0 aromatic heterocycles. The molecule has 0 heterocycles. The van der Waals surface area contributed by atoms with Crippen molar-refractivity contribution in [2.75, 3.05) is 30.9 Å². The van der Waals surface area contributed by atoms with Gasteiger partial charge in [-0.2, -0.15) is 0 Å². The van der Waals surface area contributed by atoms with Crippen LogP contribution in [0.3, 0.4) is 0 Å². The normalized spacial score (nSPS) is 10.6. The molecule has 0 amide bonds. The molecule has 0 radical (unpaired) electrons. The van der Waals surface area contributed by atoms with Crippen molar-refractivity contribution >= 4 is 11.4 Å². The van der Waals surface area contributed by atoms with E-state index in [1.165, 1.54) is 0 Å². The lowest BCUT2D eigenvalue weighted by molar-refractivity contribution is 0.288. The van der Waals surface area contributed by atoms with Crippen LogP contribution in [0.15, 0.2) is 18.2 Å². The van der Waals surface area contributed by atoms with Crippen molar-refractivity contribution in [1.29, 1.82) is 0 Å². The Balaban J connectivity index is 2.96. The number of hydrogen-bond donors (Lipinski definition) is 2. The van der Waals surface area contributed by atoms with Crippen LogP contribution in [0.4, 0.5) is 11.4 Å². The van der Waals surface area contributed by atoms with Gasteiger partial charge in [-0.1, -0.05) is 0 Å². The molecular formula is C13H22N2O2. The van der Waals surface area contributed by atoms with Crippen molar-refractivity contribution in [1.82, 2.24) is 0 Å². The van der Waals surface area contributed by atoms with Crippen molar-refractivity contribution in [3.63, 3.8) is 0 Å². The van der Waals surface area contributed by atoms with E-state index in [1.807, 2.05) is 12.1 Å². The molecule has 1 aromatic carbocycles. The molecule has 0 saturated carbocycles. The monoisotopic (exact) mass is 238 g/mol. The summed E-state index contributed by atoms with van der Waals surface area (Å²) < 4.78 is 5.21. The Morgan fingerprint density at radius 2 is 2.06 bits per heavy atom. The molecule has 17 heavy (non-hydrogen) atoms. The van der Waals surface area contributed by atoms with Gasteiger partial charge in [0.1, 0.15) is 5.75 Å². The van der Waals surface area contributed by atoms with Gasteiger partial charge in [0.05, 0.1) is 7.11 Å². The highest BCUT2D eigenvalue weighted by Crippen LogP contribution is 2.26. The van der Waals surface area contributed by atoms with Gasteiger partial charge in [0.25, 0.3) is 0 Å². The minimum atomic E-state index is 0.197. The van der Waals surface area contributed by atoms with Gasteiger partial charge in [0.2, 0.25) is 0 Å². The first kappa shape index (κ1) is 13.6. The predicted molar refractivity (Wildman–Crippen MR) is 71.6 cm³/mol. The van der Waals surface area contributed by atoms with Gasteiger partial charge >= 0.3 is 0 Å². The summed E-state index contributed by atoms with van der Waals surface area (Å²) in [6, 6.07) is 6.05. The van der Waals surface area contributed by atoms with Gasteiger partial charge in [-0.25, -0.2) is 0 Å². The zero-order valence-electron chi connectivity index (χ0n) is 10.8. The highest BCUT2D eigenvalue weighted by Gasteiger charge is 2.11. The molecule has 4 heteroatoms. The van der Waals surface area contributed by atoms with Gasteiger partial charge in [-0.3, -0.25) is 0 Å². The van der Waals surface area contributed by atoms with Crippen LogP contribution in [-0.2, 0) is 0 Å². The van der Waals surface area contributed by atoms with Crippen LogP contribution >= 0.6 is 0 Å². The van der Waals surface area contributed by atoms with Crippen LogP contribution in [0, 0.1) is 0 Å². The Morgan fingerprint density at radius 3 is 2.59 bits per heavy atom. The molecule has 0 aliphatic heterocycles. The summed E-state index contributed by atoms with van der Waals surface area (Å²) >= 11 is 0. The molecule has 0 unspecified atom stereocenters. The van der Waals surface area contributed by atoms with E-state index in [2.05, 4.69) is 18.7 Å². The van der Waals surface area contributed by atoms with Crippen LogP contribution in [-0.4, -0.2) is 31.4 Å². The number of benzene rings is 1. The fourth-order valence-electron chi connectivity index (χ4n) is 1.82. The third-order valence-electron chi connectivity index (χ3n) is 2.66. The van der Waals surface area contributed by atoms with Crippen LogP contribution in [0.25, 0.3) is 0 Å². The highest BCUT2D eigenvalue weighted by molar-refractivity contribution is 5.60. The second kappa shape index (κ2) is 6.35. The predicted octanol–water partition coefficient (Wildman–Crippen LogP) is 1.87. The Hall–Kier alpha value is -1.42. The summed E-state index contributed by atoms with van der Waals surface area (Å²) in [5.41, 5.74) is 7.57. The molecule has 0 aliphatic carbocycles. The van der Waals surface area contributed by atoms with Crippen LogP contribution in [0.5, 0.6) is 5.75 Å². The average Bonchev–Trinajstić information content (AvgIpc) is 2.28. The van der Waals surface area contributed by atoms with Crippen molar-refractivity contribution in [2.24, 2.45) is 0 Å². The van der Waals surface area contributed by atoms with Gasteiger partial charge in [-0.15, -0.1) is 0 Å². The number of nitrogen functional groups attached to an aromatic ring is 1. The number of hydrogen-bond acceptors (Lipinski definition) is 4. The van der Waals surface area contributed by atoms with E-state index < -0.39 is 0 Å². The maximum atomic E-state index is 8.92. The summed E-state index contributed by atoms with van der Waals surface area (Å²) in [5.74, 6) is 0.759. The molecule has 96 valence electrons.